The second kappa shape index (κ2) is 13.9. The number of halogens is 1. The van der Waals surface area contributed by atoms with Crippen molar-refractivity contribution in [2.45, 2.75) is 54.2 Å². The summed E-state index contributed by atoms with van der Waals surface area (Å²) in [7, 11) is 0. The van der Waals surface area contributed by atoms with Crippen LogP contribution < -0.4 is 4.74 Å². The van der Waals surface area contributed by atoms with Gasteiger partial charge in [-0.2, -0.15) is 5.10 Å². The summed E-state index contributed by atoms with van der Waals surface area (Å²) >= 11 is 0. The Bertz CT molecular complexity index is 727. The predicted molar refractivity (Wildman–Crippen MR) is 118 cm³/mol. The zero-order valence-corrected chi connectivity index (χ0v) is 16.7. The molecule has 0 amide bonds. The molecule has 3 nitrogen and oxygen atoms in total. The topological polar surface area (TPSA) is 27.1 Å². The summed E-state index contributed by atoms with van der Waals surface area (Å²) in [5, 5.41) is 4.70. The minimum Gasteiger partial charge on any atom is -0.473 e. The van der Waals surface area contributed by atoms with Crippen LogP contribution in [0.15, 0.2) is 66.7 Å². The molecule has 0 aliphatic rings. The molecule has 148 valence electrons. The Morgan fingerprint density at radius 1 is 0.889 bits per heavy atom. The van der Waals surface area contributed by atoms with Gasteiger partial charge >= 0.3 is 0 Å². The number of rotatable bonds is 7. The minimum atomic E-state index is 0. The lowest BCUT2D eigenvalue weighted by molar-refractivity contribution is 0.275. The molecule has 0 saturated heterocycles. The van der Waals surface area contributed by atoms with E-state index >= 15 is 0 Å². The van der Waals surface area contributed by atoms with Gasteiger partial charge in [0.15, 0.2) is 0 Å². The second-order valence-electron chi connectivity index (χ2n) is 5.64. The molecule has 1 aromatic heterocycles. The summed E-state index contributed by atoms with van der Waals surface area (Å²) in [6.45, 7) is 7.46. The molecule has 0 aliphatic carbocycles. The smallest absolute Gasteiger partial charge is 0.212 e. The van der Waals surface area contributed by atoms with Crippen molar-refractivity contribution < 1.29 is 4.74 Å². The molecule has 0 aliphatic heterocycles. The SMILES string of the molecule is C.CC.CCCc1cc(OCc2ccccc2)n(Cc2ccccc2)n1.Cl. The van der Waals surface area contributed by atoms with Gasteiger partial charge in [-0.05, 0) is 17.5 Å². The van der Waals surface area contributed by atoms with Gasteiger partial charge in [-0.25, -0.2) is 4.68 Å². The van der Waals surface area contributed by atoms with Gasteiger partial charge in [-0.15, -0.1) is 12.4 Å². The van der Waals surface area contributed by atoms with Crippen LogP contribution in [0, 0.1) is 0 Å². The van der Waals surface area contributed by atoms with E-state index in [-0.39, 0.29) is 19.8 Å². The van der Waals surface area contributed by atoms with Crippen LogP contribution in [0.25, 0.3) is 0 Å². The van der Waals surface area contributed by atoms with Gasteiger partial charge in [-0.3, -0.25) is 0 Å². The highest BCUT2D eigenvalue weighted by Gasteiger charge is 2.09. The van der Waals surface area contributed by atoms with Crippen molar-refractivity contribution in [2.75, 3.05) is 0 Å². The van der Waals surface area contributed by atoms with E-state index in [0.29, 0.717) is 6.61 Å². The summed E-state index contributed by atoms with van der Waals surface area (Å²) in [6.07, 6.45) is 2.06. The van der Waals surface area contributed by atoms with E-state index in [4.69, 9.17) is 9.84 Å². The molecule has 3 aromatic rings. The largest absolute Gasteiger partial charge is 0.473 e. The standard InChI is InChI=1S/C20H22N2O.C2H6.CH4.ClH/c1-2-9-19-14-20(23-16-18-12-7-4-8-13-18)22(21-19)15-17-10-5-3-6-11-17;1-2;;/h3-8,10-14H,2,9,15-16H2,1H3;1-2H3;1H4;1H. The minimum absolute atomic E-state index is 0. The Morgan fingerprint density at radius 3 is 2.00 bits per heavy atom. The molecule has 0 unspecified atom stereocenters. The van der Waals surface area contributed by atoms with Crippen LogP contribution in [0.3, 0.4) is 0 Å². The van der Waals surface area contributed by atoms with Crippen LogP contribution in [0.5, 0.6) is 5.88 Å². The number of nitrogens with zero attached hydrogens (tertiary/aromatic N) is 2. The Kier molecular flexibility index (Phi) is 12.7. The first kappa shape index (κ1) is 24.7. The van der Waals surface area contributed by atoms with E-state index < -0.39 is 0 Å². The quantitative estimate of drug-likeness (QED) is 0.459. The van der Waals surface area contributed by atoms with E-state index in [0.717, 1.165) is 36.5 Å². The van der Waals surface area contributed by atoms with Gasteiger partial charge < -0.3 is 4.74 Å². The molecule has 0 radical (unpaired) electrons. The third-order valence-corrected chi connectivity index (χ3v) is 3.70. The maximum Gasteiger partial charge on any atom is 0.212 e. The van der Waals surface area contributed by atoms with Crippen molar-refractivity contribution in [3.8, 4) is 5.88 Å². The first-order valence-corrected chi connectivity index (χ1v) is 9.12. The Morgan fingerprint density at radius 2 is 1.44 bits per heavy atom. The van der Waals surface area contributed by atoms with Gasteiger partial charge in [0.25, 0.3) is 0 Å². The normalized spacial score (nSPS) is 9.30. The number of aromatic nitrogens is 2. The average molecular weight is 389 g/mol. The van der Waals surface area contributed by atoms with Crippen molar-refractivity contribution in [2.24, 2.45) is 0 Å². The molecule has 0 saturated carbocycles. The van der Waals surface area contributed by atoms with E-state index in [2.05, 4.69) is 49.4 Å². The summed E-state index contributed by atoms with van der Waals surface area (Å²) < 4.78 is 7.98. The first-order chi connectivity index (χ1) is 12.3. The predicted octanol–water partition coefficient (Wildman–Crippen LogP) is 6.55. The van der Waals surface area contributed by atoms with Crippen LogP contribution in [0.2, 0.25) is 0 Å². The van der Waals surface area contributed by atoms with Crippen LogP contribution in [-0.2, 0) is 19.6 Å². The van der Waals surface area contributed by atoms with Crippen LogP contribution in [-0.4, -0.2) is 9.78 Å². The van der Waals surface area contributed by atoms with Crippen LogP contribution in [0.1, 0.15) is 51.4 Å². The second-order valence-corrected chi connectivity index (χ2v) is 5.64. The molecule has 0 atom stereocenters. The monoisotopic (exact) mass is 388 g/mol. The number of ether oxygens (including phenoxy) is 1. The fraction of sp³-hybridized carbons (Fsp3) is 0.348. The molecular formula is C23H33ClN2O. The maximum atomic E-state index is 6.02. The van der Waals surface area contributed by atoms with Crippen molar-refractivity contribution in [1.82, 2.24) is 9.78 Å². The Labute approximate surface area is 170 Å². The molecule has 4 heteroatoms. The molecule has 0 spiro atoms. The van der Waals surface area contributed by atoms with Crippen molar-refractivity contribution in [3.05, 3.63) is 83.6 Å². The Hall–Kier alpha value is -2.26. The van der Waals surface area contributed by atoms with Crippen LogP contribution >= 0.6 is 12.4 Å². The molecular weight excluding hydrogens is 356 g/mol. The number of aryl methyl sites for hydroxylation is 1. The first-order valence-electron chi connectivity index (χ1n) is 9.12. The van der Waals surface area contributed by atoms with E-state index in [1.165, 1.54) is 5.56 Å². The van der Waals surface area contributed by atoms with Crippen molar-refractivity contribution in [1.29, 1.82) is 0 Å². The number of benzene rings is 2. The molecule has 0 N–H and O–H groups in total. The molecule has 1 heterocycles. The lowest BCUT2D eigenvalue weighted by Gasteiger charge is -2.09. The van der Waals surface area contributed by atoms with Gasteiger partial charge in [0.05, 0.1) is 12.2 Å². The van der Waals surface area contributed by atoms with E-state index in [1.54, 1.807) is 0 Å². The van der Waals surface area contributed by atoms with E-state index in [9.17, 15) is 0 Å². The van der Waals surface area contributed by atoms with Gasteiger partial charge in [0.2, 0.25) is 5.88 Å². The van der Waals surface area contributed by atoms with Crippen molar-refractivity contribution >= 4 is 12.4 Å². The van der Waals surface area contributed by atoms with Gasteiger partial charge in [-0.1, -0.05) is 95.3 Å². The van der Waals surface area contributed by atoms with Crippen LogP contribution in [0.4, 0.5) is 0 Å². The highest BCUT2D eigenvalue weighted by Crippen LogP contribution is 2.18. The van der Waals surface area contributed by atoms with E-state index in [1.807, 2.05) is 42.8 Å². The molecule has 0 fully saturated rings. The molecule has 0 bridgehead atoms. The third kappa shape index (κ3) is 7.88. The zero-order chi connectivity index (χ0) is 17.9. The van der Waals surface area contributed by atoms with Gasteiger partial charge in [0, 0.05) is 6.07 Å². The lowest BCUT2D eigenvalue weighted by Crippen LogP contribution is -2.06. The average Bonchev–Trinajstić information content (AvgIpc) is 3.05. The highest BCUT2D eigenvalue weighted by atomic mass is 35.5. The molecule has 27 heavy (non-hydrogen) atoms. The van der Waals surface area contributed by atoms with Crippen molar-refractivity contribution in [3.63, 3.8) is 0 Å². The highest BCUT2D eigenvalue weighted by molar-refractivity contribution is 5.85. The van der Waals surface area contributed by atoms with Gasteiger partial charge in [0.1, 0.15) is 6.61 Å². The molecule has 2 aromatic carbocycles. The zero-order valence-electron chi connectivity index (χ0n) is 15.9. The fourth-order valence-corrected chi connectivity index (χ4v) is 2.55. The summed E-state index contributed by atoms with van der Waals surface area (Å²) in [4.78, 5) is 0. The Balaban J connectivity index is 0.00000164. The molecule has 3 rings (SSSR count). The summed E-state index contributed by atoms with van der Waals surface area (Å²) in [5.74, 6) is 0.834. The number of hydrogen-bond donors (Lipinski definition) is 0. The number of hydrogen-bond acceptors (Lipinski definition) is 2. The maximum absolute atomic E-state index is 6.02. The lowest BCUT2D eigenvalue weighted by atomic mass is 10.2. The summed E-state index contributed by atoms with van der Waals surface area (Å²) in [6, 6.07) is 22.7. The summed E-state index contributed by atoms with van der Waals surface area (Å²) in [5.41, 5.74) is 3.48. The third-order valence-electron chi connectivity index (χ3n) is 3.70. The fourth-order valence-electron chi connectivity index (χ4n) is 2.55.